The molecule has 0 aliphatic heterocycles. The number of carbonyl (C=O) groups excluding carboxylic acids is 3. The molecule has 0 saturated heterocycles. The highest BCUT2D eigenvalue weighted by Crippen LogP contribution is 2.19. The third-order valence-corrected chi connectivity index (χ3v) is 3.94. The molecule has 0 aliphatic carbocycles. The van der Waals surface area contributed by atoms with E-state index < -0.39 is 24.3 Å². The highest BCUT2D eigenvalue weighted by molar-refractivity contribution is 5.96. The Kier molecular flexibility index (Phi) is 6.65. The Morgan fingerprint density at radius 2 is 1.70 bits per heavy atom. The first-order chi connectivity index (χ1) is 12.8. The molecule has 27 heavy (non-hydrogen) atoms. The van der Waals surface area contributed by atoms with Crippen molar-refractivity contribution in [3.05, 3.63) is 65.0 Å². The molecule has 0 saturated carbocycles. The van der Waals surface area contributed by atoms with Crippen LogP contribution in [0.3, 0.4) is 0 Å². The van der Waals surface area contributed by atoms with Gasteiger partial charge in [0, 0.05) is 12.7 Å². The summed E-state index contributed by atoms with van der Waals surface area (Å²) in [5.74, 6) is -2.29. The molecule has 0 spiro atoms. The monoisotopic (exact) mass is 372 g/mol. The molecule has 0 atom stereocenters. The van der Waals surface area contributed by atoms with E-state index in [0.29, 0.717) is 5.69 Å². The Balaban J connectivity index is 1.86. The molecule has 2 rings (SSSR count). The maximum atomic E-state index is 13.1. The minimum atomic E-state index is -0.809. The normalized spacial score (nSPS) is 10.2. The minimum absolute atomic E-state index is 0.0122. The topological polar surface area (TPSA) is 75.7 Å². The van der Waals surface area contributed by atoms with Gasteiger partial charge in [-0.1, -0.05) is 24.3 Å². The average Bonchev–Trinajstić information content (AvgIpc) is 2.62. The van der Waals surface area contributed by atoms with Crippen molar-refractivity contribution in [2.45, 2.75) is 13.8 Å². The number of amides is 2. The van der Waals surface area contributed by atoms with Gasteiger partial charge in [0.2, 0.25) is 5.91 Å². The van der Waals surface area contributed by atoms with Crippen molar-refractivity contribution in [1.82, 2.24) is 4.90 Å². The van der Waals surface area contributed by atoms with Crippen LogP contribution in [-0.4, -0.2) is 42.9 Å². The number of halogens is 1. The number of rotatable bonds is 6. The van der Waals surface area contributed by atoms with Gasteiger partial charge in [-0.15, -0.1) is 0 Å². The Bertz CT molecular complexity index is 847. The third-order valence-electron chi connectivity index (χ3n) is 3.94. The number of carbonyl (C=O) groups is 3. The third kappa shape index (κ3) is 5.64. The summed E-state index contributed by atoms with van der Waals surface area (Å²) in [6, 6.07) is 10.6. The average molecular weight is 372 g/mol. The summed E-state index contributed by atoms with van der Waals surface area (Å²) in [4.78, 5) is 37.2. The number of para-hydroxylation sites is 1. The maximum Gasteiger partial charge on any atom is 0.338 e. The number of hydrogen-bond acceptors (Lipinski definition) is 4. The van der Waals surface area contributed by atoms with Gasteiger partial charge in [0.25, 0.3) is 5.91 Å². The highest BCUT2D eigenvalue weighted by atomic mass is 19.1. The summed E-state index contributed by atoms with van der Waals surface area (Å²) in [5.41, 5.74) is 2.56. The van der Waals surface area contributed by atoms with Crippen LogP contribution in [0, 0.1) is 19.7 Å². The molecule has 142 valence electrons. The van der Waals surface area contributed by atoms with E-state index in [1.807, 2.05) is 32.0 Å². The Morgan fingerprint density at radius 1 is 1.07 bits per heavy atom. The summed E-state index contributed by atoms with van der Waals surface area (Å²) in [6.45, 7) is 3.03. The van der Waals surface area contributed by atoms with Gasteiger partial charge in [0.15, 0.2) is 6.61 Å². The zero-order chi connectivity index (χ0) is 20.0. The smallest absolute Gasteiger partial charge is 0.338 e. The van der Waals surface area contributed by atoms with E-state index >= 15 is 0 Å². The SMILES string of the molecule is Cc1cccc(C)c1NC(=O)CN(C)C(=O)COC(=O)c1cccc(F)c1. The summed E-state index contributed by atoms with van der Waals surface area (Å²) in [6.07, 6.45) is 0. The maximum absolute atomic E-state index is 13.1. The number of benzene rings is 2. The second-order valence-corrected chi connectivity index (χ2v) is 6.15. The number of nitrogens with one attached hydrogen (secondary N) is 1. The van der Waals surface area contributed by atoms with E-state index in [-0.39, 0.29) is 18.0 Å². The fourth-order valence-electron chi connectivity index (χ4n) is 2.43. The molecule has 2 amide bonds. The van der Waals surface area contributed by atoms with Crippen LogP contribution in [0.2, 0.25) is 0 Å². The molecular formula is C20H21FN2O4. The summed E-state index contributed by atoms with van der Waals surface area (Å²) in [5, 5.41) is 2.78. The van der Waals surface area contributed by atoms with E-state index in [1.54, 1.807) is 0 Å². The number of ether oxygens (including phenoxy) is 1. The van der Waals surface area contributed by atoms with Gasteiger partial charge in [0.05, 0.1) is 12.1 Å². The van der Waals surface area contributed by atoms with E-state index in [1.165, 1.54) is 25.2 Å². The summed E-state index contributed by atoms with van der Waals surface area (Å²) in [7, 11) is 1.43. The van der Waals surface area contributed by atoms with Gasteiger partial charge in [-0.3, -0.25) is 9.59 Å². The Labute approximate surface area is 156 Å². The molecule has 0 aliphatic rings. The predicted octanol–water partition coefficient (Wildman–Crippen LogP) is 2.70. The molecule has 7 heteroatoms. The lowest BCUT2D eigenvalue weighted by Crippen LogP contribution is -2.37. The molecule has 0 radical (unpaired) electrons. The van der Waals surface area contributed by atoms with Crippen molar-refractivity contribution >= 4 is 23.5 Å². The van der Waals surface area contributed by atoms with Crippen LogP contribution in [0.15, 0.2) is 42.5 Å². The number of esters is 1. The lowest BCUT2D eigenvalue weighted by atomic mass is 10.1. The van der Waals surface area contributed by atoms with Crippen molar-refractivity contribution in [2.75, 3.05) is 25.5 Å². The van der Waals surface area contributed by atoms with E-state index in [9.17, 15) is 18.8 Å². The summed E-state index contributed by atoms with van der Waals surface area (Å²) < 4.78 is 18.0. The summed E-state index contributed by atoms with van der Waals surface area (Å²) >= 11 is 0. The molecule has 0 unspecified atom stereocenters. The minimum Gasteiger partial charge on any atom is -0.452 e. The first-order valence-corrected chi connectivity index (χ1v) is 8.30. The van der Waals surface area contributed by atoms with Crippen molar-refractivity contribution in [2.24, 2.45) is 0 Å². The number of hydrogen-bond donors (Lipinski definition) is 1. The predicted molar refractivity (Wildman–Crippen MR) is 98.9 cm³/mol. The first kappa shape index (κ1) is 20.1. The van der Waals surface area contributed by atoms with Crippen molar-refractivity contribution in [1.29, 1.82) is 0 Å². The number of aryl methyl sites for hydroxylation is 2. The lowest BCUT2D eigenvalue weighted by Gasteiger charge is -2.18. The quantitative estimate of drug-likeness (QED) is 0.791. The first-order valence-electron chi connectivity index (χ1n) is 8.30. The lowest BCUT2D eigenvalue weighted by molar-refractivity contribution is -0.136. The van der Waals surface area contributed by atoms with E-state index in [0.717, 1.165) is 22.1 Å². The number of nitrogens with zero attached hydrogens (tertiary/aromatic N) is 1. The van der Waals surface area contributed by atoms with Crippen LogP contribution in [0.5, 0.6) is 0 Å². The molecule has 2 aromatic carbocycles. The van der Waals surface area contributed by atoms with E-state index in [4.69, 9.17) is 4.74 Å². The second kappa shape index (κ2) is 8.93. The van der Waals surface area contributed by atoms with Gasteiger partial charge in [-0.2, -0.15) is 0 Å². The van der Waals surface area contributed by atoms with E-state index in [2.05, 4.69) is 5.32 Å². The van der Waals surface area contributed by atoms with Gasteiger partial charge in [0.1, 0.15) is 5.82 Å². The Hall–Kier alpha value is -3.22. The molecule has 0 heterocycles. The Morgan fingerprint density at radius 3 is 2.33 bits per heavy atom. The van der Waals surface area contributed by atoms with Crippen LogP contribution < -0.4 is 5.32 Å². The highest BCUT2D eigenvalue weighted by Gasteiger charge is 2.17. The molecular weight excluding hydrogens is 351 g/mol. The fourth-order valence-corrected chi connectivity index (χ4v) is 2.43. The molecule has 2 aromatic rings. The van der Waals surface area contributed by atoms with Crippen LogP contribution in [-0.2, 0) is 14.3 Å². The van der Waals surface area contributed by atoms with Gasteiger partial charge >= 0.3 is 5.97 Å². The van der Waals surface area contributed by atoms with Crippen molar-refractivity contribution in [3.8, 4) is 0 Å². The standard InChI is InChI=1S/C20H21FN2O4/c1-13-6-4-7-14(2)19(13)22-17(24)11-23(3)18(25)12-27-20(26)15-8-5-9-16(21)10-15/h4-10H,11-12H2,1-3H3,(H,22,24). The van der Waals surface area contributed by atoms with Crippen LogP contribution in [0.4, 0.5) is 10.1 Å². The molecule has 1 N–H and O–H groups in total. The molecule has 0 aromatic heterocycles. The van der Waals surface area contributed by atoms with Gasteiger partial charge < -0.3 is 15.0 Å². The van der Waals surface area contributed by atoms with Crippen LogP contribution in [0.1, 0.15) is 21.5 Å². The van der Waals surface area contributed by atoms with Crippen LogP contribution in [0.25, 0.3) is 0 Å². The van der Waals surface area contributed by atoms with Gasteiger partial charge in [-0.25, -0.2) is 9.18 Å². The van der Waals surface area contributed by atoms with Crippen molar-refractivity contribution in [3.63, 3.8) is 0 Å². The zero-order valence-corrected chi connectivity index (χ0v) is 15.4. The van der Waals surface area contributed by atoms with Gasteiger partial charge in [-0.05, 0) is 43.2 Å². The molecule has 0 fully saturated rings. The molecule has 6 nitrogen and oxygen atoms in total. The second-order valence-electron chi connectivity index (χ2n) is 6.15. The molecule has 0 bridgehead atoms. The fraction of sp³-hybridized carbons (Fsp3) is 0.250. The number of likely N-dealkylation sites (N-methyl/N-ethyl adjacent to an activating group) is 1. The number of anilines is 1. The van der Waals surface area contributed by atoms with Crippen molar-refractivity contribution < 1.29 is 23.5 Å². The zero-order valence-electron chi connectivity index (χ0n) is 15.4. The largest absolute Gasteiger partial charge is 0.452 e. The van der Waals surface area contributed by atoms with Crippen LogP contribution >= 0.6 is 0 Å².